The average molecular weight is 206 g/mol. The van der Waals surface area contributed by atoms with Gasteiger partial charge in [0.15, 0.2) is 0 Å². The number of nitrogens with two attached hydrogens (primary N) is 1. The van der Waals surface area contributed by atoms with E-state index in [2.05, 4.69) is 10.0 Å². The number of benzene rings is 1. The van der Waals surface area contributed by atoms with Gasteiger partial charge in [-0.2, -0.15) is 0 Å². The molecule has 0 fully saturated rings. The van der Waals surface area contributed by atoms with Crippen molar-refractivity contribution in [3.63, 3.8) is 0 Å². The van der Waals surface area contributed by atoms with Gasteiger partial charge in [0.1, 0.15) is 5.75 Å². The van der Waals surface area contributed by atoms with Gasteiger partial charge in [0.25, 0.3) is 0 Å². The molecule has 1 rings (SSSR count). The minimum absolute atomic E-state index is 0.0631. The SMILES string of the molecule is [N-]=[N+]=NCCc1cc(C(N)=O)ccc1O. The second-order valence-electron chi connectivity index (χ2n) is 2.91. The molecular weight excluding hydrogens is 196 g/mol. The summed E-state index contributed by atoms with van der Waals surface area (Å²) in [6, 6.07) is 4.32. The van der Waals surface area contributed by atoms with Crippen LogP contribution < -0.4 is 5.73 Å². The van der Waals surface area contributed by atoms with Crippen molar-refractivity contribution in [1.82, 2.24) is 0 Å². The molecule has 0 heterocycles. The number of carbonyl (C=O) groups excluding carboxylic acids is 1. The number of carbonyl (C=O) groups is 1. The Labute approximate surface area is 86.0 Å². The number of hydrogen-bond donors (Lipinski definition) is 2. The predicted molar refractivity (Wildman–Crippen MR) is 54.3 cm³/mol. The Morgan fingerprint density at radius 1 is 1.60 bits per heavy atom. The molecule has 0 aliphatic carbocycles. The zero-order valence-corrected chi connectivity index (χ0v) is 7.92. The normalized spacial score (nSPS) is 9.33. The first-order chi connectivity index (χ1) is 7.15. The summed E-state index contributed by atoms with van der Waals surface area (Å²) in [5.74, 6) is -0.492. The Hall–Kier alpha value is -2.20. The van der Waals surface area contributed by atoms with Gasteiger partial charge in [-0.3, -0.25) is 4.79 Å². The molecule has 6 nitrogen and oxygen atoms in total. The van der Waals surface area contributed by atoms with Crippen LogP contribution in [0.3, 0.4) is 0 Å². The number of hydrogen-bond acceptors (Lipinski definition) is 3. The molecule has 0 saturated heterocycles. The van der Waals surface area contributed by atoms with Crippen LogP contribution in [-0.2, 0) is 6.42 Å². The minimum Gasteiger partial charge on any atom is -0.508 e. The highest BCUT2D eigenvalue weighted by atomic mass is 16.3. The third-order valence-corrected chi connectivity index (χ3v) is 1.91. The molecule has 15 heavy (non-hydrogen) atoms. The molecule has 6 heteroatoms. The number of amides is 1. The lowest BCUT2D eigenvalue weighted by atomic mass is 10.1. The van der Waals surface area contributed by atoms with E-state index < -0.39 is 5.91 Å². The van der Waals surface area contributed by atoms with Crippen molar-refractivity contribution >= 4 is 5.91 Å². The summed E-state index contributed by atoms with van der Waals surface area (Å²) in [5, 5.41) is 12.8. The van der Waals surface area contributed by atoms with E-state index in [1.165, 1.54) is 18.2 Å². The van der Waals surface area contributed by atoms with Crippen molar-refractivity contribution in [3.05, 3.63) is 39.8 Å². The smallest absolute Gasteiger partial charge is 0.248 e. The molecular formula is C9H10N4O2. The third kappa shape index (κ3) is 2.89. The highest BCUT2D eigenvalue weighted by Crippen LogP contribution is 2.18. The molecule has 0 aliphatic heterocycles. The van der Waals surface area contributed by atoms with Crippen molar-refractivity contribution in [1.29, 1.82) is 0 Å². The van der Waals surface area contributed by atoms with E-state index in [0.29, 0.717) is 17.5 Å². The summed E-state index contributed by atoms with van der Waals surface area (Å²) < 4.78 is 0. The number of nitrogens with zero attached hydrogens (tertiary/aromatic N) is 3. The maximum atomic E-state index is 10.9. The molecule has 1 aromatic rings. The monoisotopic (exact) mass is 206 g/mol. The number of aromatic hydroxyl groups is 1. The van der Waals surface area contributed by atoms with Crippen LogP contribution in [0.1, 0.15) is 15.9 Å². The molecule has 0 aliphatic rings. The maximum absolute atomic E-state index is 10.9. The number of rotatable bonds is 4. The lowest BCUT2D eigenvalue weighted by Crippen LogP contribution is -2.11. The molecule has 0 radical (unpaired) electrons. The van der Waals surface area contributed by atoms with Gasteiger partial charge in [-0.25, -0.2) is 0 Å². The number of phenolic OH excluding ortho intramolecular Hbond substituents is 1. The Morgan fingerprint density at radius 2 is 2.33 bits per heavy atom. The highest BCUT2D eigenvalue weighted by molar-refractivity contribution is 5.93. The molecule has 3 N–H and O–H groups in total. The molecule has 0 spiro atoms. The summed E-state index contributed by atoms with van der Waals surface area (Å²) in [7, 11) is 0. The molecule has 78 valence electrons. The van der Waals surface area contributed by atoms with E-state index in [9.17, 15) is 9.90 Å². The molecule has 0 saturated carbocycles. The van der Waals surface area contributed by atoms with E-state index in [1.54, 1.807) is 0 Å². The third-order valence-electron chi connectivity index (χ3n) is 1.91. The standard InChI is InChI=1S/C9H10N4O2/c10-9(15)7-1-2-8(14)6(5-7)3-4-12-13-11/h1-2,5,14H,3-4H2,(H2,10,15). The van der Waals surface area contributed by atoms with Gasteiger partial charge in [-0.1, -0.05) is 5.11 Å². The predicted octanol–water partition coefficient (Wildman–Crippen LogP) is 1.34. The van der Waals surface area contributed by atoms with Crippen LogP contribution in [0.15, 0.2) is 23.3 Å². The summed E-state index contributed by atoms with van der Waals surface area (Å²) >= 11 is 0. The first-order valence-electron chi connectivity index (χ1n) is 4.27. The first kappa shape index (κ1) is 10.9. The Bertz CT molecular complexity index is 424. The number of primary amides is 1. The summed E-state index contributed by atoms with van der Waals surface area (Å²) in [5.41, 5.74) is 14.0. The van der Waals surface area contributed by atoms with Crippen LogP contribution >= 0.6 is 0 Å². The van der Waals surface area contributed by atoms with Crippen LogP contribution in [0.2, 0.25) is 0 Å². The second-order valence-corrected chi connectivity index (χ2v) is 2.91. The number of azide groups is 1. The van der Waals surface area contributed by atoms with E-state index in [0.717, 1.165) is 0 Å². The summed E-state index contributed by atoms with van der Waals surface area (Å²) in [6.45, 7) is 0.228. The average Bonchev–Trinajstić information content (AvgIpc) is 2.20. The Balaban J connectivity index is 2.89. The lowest BCUT2D eigenvalue weighted by molar-refractivity contribution is 0.1000. The van der Waals surface area contributed by atoms with Crippen LogP contribution in [0, 0.1) is 0 Å². The van der Waals surface area contributed by atoms with Crippen LogP contribution in [0.5, 0.6) is 5.75 Å². The minimum atomic E-state index is -0.556. The van der Waals surface area contributed by atoms with Gasteiger partial charge < -0.3 is 10.8 Å². The van der Waals surface area contributed by atoms with Gasteiger partial charge in [-0.05, 0) is 35.7 Å². The van der Waals surface area contributed by atoms with Gasteiger partial charge in [-0.15, -0.1) is 0 Å². The Kier molecular flexibility index (Phi) is 3.54. The molecule has 0 unspecified atom stereocenters. The fourth-order valence-corrected chi connectivity index (χ4v) is 1.15. The van der Waals surface area contributed by atoms with Crippen LogP contribution in [0.25, 0.3) is 10.4 Å². The van der Waals surface area contributed by atoms with E-state index >= 15 is 0 Å². The fourth-order valence-electron chi connectivity index (χ4n) is 1.15. The molecule has 0 bridgehead atoms. The molecule has 0 aromatic heterocycles. The van der Waals surface area contributed by atoms with Crippen molar-refractivity contribution in [2.75, 3.05) is 6.54 Å². The van der Waals surface area contributed by atoms with Crippen molar-refractivity contribution in [3.8, 4) is 5.75 Å². The van der Waals surface area contributed by atoms with Gasteiger partial charge in [0.2, 0.25) is 5.91 Å². The highest BCUT2D eigenvalue weighted by Gasteiger charge is 2.05. The zero-order chi connectivity index (χ0) is 11.3. The quantitative estimate of drug-likeness (QED) is 0.440. The van der Waals surface area contributed by atoms with Gasteiger partial charge >= 0.3 is 0 Å². The number of phenols is 1. The lowest BCUT2D eigenvalue weighted by Gasteiger charge is -2.03. The van der Waals surface area contributed by atoms with E-state index in [-0.39, 0.29) is 12.3 Å². The van der Waals surface area contributed by atoms with Crippen LogP contribution in [0.4, 0.5) is 0 Å². The van der Waals surface area contributed by atoms with Crippen molar-refractivity contribution < 1.29 is 9.90 Å². The maximum Gasteiger partial charge on any atom is 0.248 e. The second kappa shape index (κ2) is 4.88. The Morgan fingerprint density at radius 3 is 2.93 bits per heavy atom. The van der Waals surface area contributed by atoms with Crippen molar-refractivity contribution in [2.45, 2.75) is 6.42 Å². The van der Waals surface area contributed by atoms with Crippen molar-refractivity contribution in [2.24, 2.45) is 10.8 Å². The van der Waals surface area contributed by atoms with Gasteiger partial charge in [0.05, 0.1) is 0 Å². The molecule has 0 atom stereocenters. The zero-order valence-electron chi connectivity index (χ0n) is 7.92. The summed E-state index contributed by atoms with van der Waals surface area (Å²) in [4.78, 5) is 13.4. The van der Waals surface area contributed by atoms with E-state index in [1.807, 2.05) is 0 Å². The van der Waals surface area contributed by atoms with Crippen LogP contribution in [-0.4, -0.2) is 17.6 Å². The fraction of sp³-hybridized carbons (Fsp3) is 0.222. The first-order valence-corrected chi connectivity index (χ1v) is 4.27. The largest absolute Gasteiger partial charge is 0.508 e. The molecule has 1 aromatic carbocycles. The molecule has 1 amide bonds. The van der Waals surface area contributed by atoms with Gasteiger partial charge in [0, 0.05) is 17.0 Å². The van der Waals surface area contributed by atoms with E-state index in [4.69, 9.17) is 11.3 Å². The summed E-state index contributed by atoms with van der Waals surface area (Å²) in [6.07, 6.45) is 0.372. The topological polar surface area (TPSA) is 112 Å².